The SMILES string of the molecule is CC(=O)C1CC(CO)C(C(O)CO)N1. The molecule has 1 aliphatic heterocycles. The van der Waals surface area contributed by atoms with Crippen molar-refractivity contribution in [2.24, 2.45) is 5.92 Å². The first kappa shape index (κ1) is 11.6. The molecule has 1 fully saturated rings. The van der Waals surface area contributed by atoms with Crippen molar-refractivity contribution in [2.45, 2.75) is 31.5 Å². The highest BCUT2D eigenvalue weighted by Crippen LogP contribution is 2.22. The second-order valence-corrected chi connectivity index (χ2v) is 3.78. The van der Waals surface area contributed by atoms with Gasteiger partial charge in [0.15, 0.2) is 0 Å². The van der Waals surface area contributed by atoms with Gasteiger partial charge in [0.2, 0.25) is 0 Å². The molecule has 4 unspecified atom stereocenters. The summed E-state index contributed by atoms with van der Waals surface area (Å²) in [4.78, 5) is 11.1. The number of rotatable bonds is 4. The highest BCUT2D eigenvalue weighted by molar-refractivity contribution is 5.81. The van der Waals surface area contributed by atoms with E-state index in [0.717, 1.165) is 0 Å². The van der Waals surface area contributed by atoms with Crippen LogP contribution in [-0.2, 0) is 4.79 Å². The van der Waals surface area contributed by atoms with Crippen LogP contribution in [0.1, 0.15) is 13.3 Å². The third kappa shape index (κ3) is 2.30. The smallest absolute Gasteiger partial charge is 0.146 e. The van der Waals surface area contributed by atoms with Gasteiger partial charge in [-0.25, -0.2) is 0 Å². The fourth-order valence-electron chi connectivity index (χ4n) is 1.90. The van der Waals surface area contributed by atoms with Crippen LogP contribution in [0.5, 0.6) is 0 Å². The lowest BCUT2D eigenvalue weighted by Gasteiger charge is -2.21. The zero-order chi connectivity index (χ0) is 10.7. The summed E-state index contributed by atoms with van der Waals surface area (Å²) in [6.45, 7) is 1.02. The quantitative estimate of drug-likeness (QED) is 0.436. The van der Waals surface area contributed by atoms with Gasteiger partial charge in [-0.15, -0.1) is 0 Å². The van der Waals surface area contributed by atoms with Crippen LogP contribution in [0.15, 0.2) is 0 Å². The van der Waals surface area contributed by atoms with E-state index in [2.05, 4.69) is 5.32 Å². The third-order valence-electron chi connectivity index (χ3n) is 2.77. The number of carbonyl (C=O) groups excluding carboxylic acids is 1. The zero-order valence-electron chi connectivity index (χ0n) is 8.18. The normalized spacial score (nSPS) is 34.4. The largest absolute Gasteiger partial charge is 0.396 e. The highest BCUT2D eigenvalue weighted by atomic mass is 16.3. The van der Waals surface area contributed by atoms with Gasteiger partial charge >= 0.3 is 0 Å². The maximum atomic E-state index is 11.1. The molecule has 4 N–H and O–H groups in total. The molecule has 14 heavy (non-hydrogen) atoms. The minimum atomic E-state index is -0.920. The Labute approximate surface area is 82.7 Å². The van der Waals surface area contributed by atoms with Crippen LogP contribution in [0.4, 0.5) is 0 Å². The molecule has 4 atom stereocenters. The predicted octanol–water partition coefficient (Wildman–Crippen LogP) is -1.73. The number of hydrogen-bond donors (Lipinski definition) is 4. The molecule has 0 aromatic rings. The van der Waals surface area contributed by atoms with Crippen molar-refractivity contribution >= 4 is 5.78 Å². The zero-order valence-corrected chi connectivity index (χ0v) is 8.18. The fourth-order valence-corrected chi connectivity index (χ4v) is 1.90. The van der Waals surface area contributed by atoms with Crippen molar-refractivity contribution < 1.29 is 20.1 Å². The average molecular weight is 203 g/mol. The van der Waals surface area contributed by atoms with Gasteiger partial charge in [0, 0.05) is 18.6 Å². The minimum Gasteiger partial charge on any atom is -0.396 e. The molecule has 0 bridgehead atoms. The summed E-state index contributed by atoms with van der Waals surface area (Å²) in [5, 5.41) is 30.2. The van der Waals surface area contributed by atoms with E-state index in [9.17, 15) is 9.90 Å². The molecule has 0 spiro atoms. The predicted molar refractivity (Wildman–Crippen MR) is 49.7 cm³/mol. The molecule has 1 rings (SSSR count). The molecular weight excluding hydrogens is 186 g/mol. The Balaban J connectivity index is 2.62. The molecular formula is C9H17NO4. The van der Waals surface area contributed by atoms with Gasteiger partial charge in [-0.3, -0.25) is 4.79 Å². The first-order chi connectivity index (χ1) is 6.60. The second kappa shape index (κ2) is 4.84. The van der Waals surface area contributed by atoms with E-state index >= 15 is 0 Å². The van der Waals surface area contributed by atoms with Crippen LogP contribution >= 0.6 is 0 Å². The molecule has 1 heterocycles. The number of aliphatic hydroxyl groups excluding tert-OH is 3. The summed E-state index contributed by atoms with van der Waals surface area (Å²) < 4.78 is 0. The molecule has 5 heteroatoms. The van der Waals surface area contributed by atoms with Gasteiger partial charge in [-0.2, -0.15) is 0 Å². The van der Waals surface area contributed by atoms with Crippen LogP contribution in [0.25, 0.3) is 0 Å². The molecule has 82 valence electrons. The molecule has 0 aliphatic carbocycles. The molecule has 0 aromatic heterocycles. The Hall–Kier alpha value is -0.490. The summed E-state index contributed by atoms with van der Waals surface area (Å²) >= 11 is 0. The topological polar surface area (TPSA) is 89.8 Å². The van der Waals surface area contributed by atoms with Crippen LogP contribution < -0.4 is 5.32 Å². The van der Waals surface area contributed by atoms with Crippen LogP contribution in [0.2, 0.25) is 0 Å². The maximum Gasteiger partial charge on any atom is 0.146 e. The van der Waals surface area contributed by atoms with E-state index in [1.807, 2.05) is 0 Å². The first-order valence-electron chi connectivity index (χ1n) is 4.76. The van der Waals surface area contributed by atoms with E-state index in [0.29, 0.717) is 6.42 Å². The summed E-state index contributed by atoms with van der Waals surface area (Å²) in [5.41, 5.74) is 0. The Morgan fingerprint density at radius 1 is 1.57 bits per heavy atom. The Morgan fingerprint density at radius 3 is 2.64 bits per heavy atom. The van der Waals surface area contributed by atoms with Gasteiger partial charge in [0.1, 0.15) is 5.78 Å². The number of hydrogen-bond acceptors (Lipinski definition) is 5. The molecule has 1 saturated heterocycles. The highest BCUT2D eigenvalue weighted by Gasteiger charge is 2.38. The minimum absolute atomic E-state index is 0.00362. The molecule has 5 nitrogen and oxygen atoms in total. The van der Waals surface area contributed by atoms with Crippen LogP contribution in [-0.4, -0.2) is 52.5 Å². The lowest BCUT2D eigenvalue weighted by Crippen LogP contribution is -2.45. The van der Waals surface area contributed by atoms with E-state index in [1.165, 1.54) is 6.92 Å². The van der Waals surface area contributed by atoms with Crippen molar-refractivity contribution in [3.8, 4) is 0 Å². The Kier molecular flexibility index (Phi) is 4.00. The Morgan fingerprint density at radius 2 is 2.21 bits per heavy atom. The van der Waals surface area contributed by atoms with E-state index in [-0.39, 0.29) is 37.0 Å². The number of Topliss-reactive ketones (excluding diaryl/α,β-unsaturated/α-hetero) is 1. The summed E-state index contributed by atoms with van der Waals surface area (Å²) in [6.07, 6.45) is -0.399. The summed E-state index contributed by atoms with van der Waals surface area (Å²) in [7, 11) is 0. The summed E-state index contributed by atoms with van der Waals surface area (Å²) in [6, 6.07) is -0.697. The van der Waals surface area contributed by atoms with Gasteiger partial charge in [0.05, 0.1) is 18.8 Å². The van der Waals surface area contributed by atoms with Crippen LogP contribution in [0, 0.1) is 5.92 Å². The number of nitrogens with one attached hydrogen (secondary N) is 1. The van der Waals surface area contributed by atoms with Crippen molar-refractivity contribution in [2.75, 3.05) is 13.2 Å². The van der Waals surface area contributed by atoms with Crippen molar-refractivity contribution in [3.05, 3.63) is 0 Å². The standard InChI is InChI=1S/C9H17NO4/c1-5(13)7-2-6(3-11)9(10-7)8(14)4-12/h6-12,14H,2-4H2,1H3. The number of carbonyl (C=O) groups is 1. The lowest BCUT2D eigenvalue weighted by molar-refractivity contribution is -0.118. The molecule has 0 radical (unpaired) electrons. The van der Waals surface area contributed by atoms with E-state index in [1.54, 1.807) is 0 Å². The molecule has 0 amide bonds. The van der Waals surface area contributed by atoms with Gasteiger partial charge in [0.25, 0.3) is 0 Å². The third-order valence-corrected chi connectivity index (χ3v) is 2.77. The van der Waals surface area contributed by atoms with Crippen molar-refractivity contribution in [1.82, 2.24) is 5.32 Å². The fraction of sp³-hybridized carbons (Fsp3) is 0.889. The molecule has 0 saturated carbocycles. The Bertz CT molecular complexity index is 209. The van der Waals surface area contributed by atoms with Crippen LogP contribution in [0.3, 0.4) is 0 Å². The maximum absolute atomic E-state index is 11.1. The van der Waals surface area contributed by atoms with Gasteiger partial charge in [-0.05, 0) is 13.3 Å². The van der Waals surface area contributed by atoms with E-state index < -0.39 is 6.10 Å². The number of ketones is 1. The average Bonchev–Trinajstić information content (AvgIpc) is 2.60. The monoisotopic (exact) mass is 203 g/mol. The molecule has 0 aromatic carbocycles. The van der Waals surface area contributed by atoms with E-state index in [4.69, 9.17) is 10.2 Å². The number of aliphatic hydroxyl groups is 3. The first-order valence-corrected chi connectivity index (χ1v) is 4.76. The van der Waals surface area contributed by atoms with Gasteiger partial charge < -0.3 is 20.6 Å². The van der Waals surface area contributed by atoms with Crippen molar-refractivity contribution in [3.63, 3.8) is 0 Å². The summed E-state index contributed by atoms with van der Waals surface area (Å²) in [5.74, 6) is -0.165. The lowest BCUT2D eigenvalue weighted by atomic mass is 9.96. The molecule has 1 aliphatic rings. The second-order valence-electron chi connectivity index (χ2n) is 3.78. The van der Waals surface area contributed by atoms with Crippen molar-refractivity contribution in [1.29, 1.82) is 0 Å². The van der Waals surface area contributed by atoms with Gasteiger partial charge in [-0.1, -0.05) is 0 Å².